The van der Waals surface area contributed by atoms with Crippen LogP contribution in [0.1, 0.15) is 46.0 Å². The molecular formula is C15H28N2O2. The fraction of sp³-hybridized carbons (Fsp3) is 0.933. The van der Waals surface area contributed by atoms with Gasteiger partial charge in [0, 0.05) is 19.1 Å². The summed E-state index contributed by atoms with van der Waals surface area (Å²) in [4.78, 5) is 12.6. The standard InChI is InChI=1S/C15H28N2O2/c1-3-5-15(6-8-16-9-7-15)14(18)17-11-13-4-10-19-12(13)2/h12-13,16H,3-11H2,1-2H3,(H,17,18). The van der Waals surface area contributed by atoms with Crippen molar-refractivity contribution in [3.05, 3.63) is 0 Å². The van der Waals surface area contributed by atoms with Gasteiger partial charge in [-0.25, -0.2) is 0 Å². The molecule has 4 heteroatoms. The zero-order chi connectivity index (χ0) is 13.7. The summed E-state index contributed by atoms with van der Waals surface area (Å²) < 4.78 is 5.55. The molecule has 2 heterocycles. The van der Waals surface area contributed by atoms with E-state index < -0.39 is 0 Å². The van der Waals surface area contributed by atoms with E-state index in [2.05, 4.69) is 24.5 Å². The second-order valence-electron chi connectivity index (χ2n) is 6.12. The zero-order valence-electron chi connectivity index (χ0n) is 12.3. The number of nitrogens with one attached hydrogen (secondary N) is 2. The fourth-order valence-electron chi connectivity index (χ4n) is 3.43. The van der Waals surface area contributed by atoms with Crippen molar-refractivity contribution >= 4 is 5.91 Å². The van der Waals surface area contributed by atoms with Gasteiger partial charge in [0.05, 0.1) is 11.5 Å². The van der Waals surface area contributed by atoms with E-state index in [1.807, 2.05) is 0 Å². The van der Waals surface area contributed by atoms with Gasteiger partial charge in [-0.2, -0.15) is 0 Å². The van der Waals surface area contributed by atoms with Gasteiger partial charge in [-0.1, -0.05) is 13.3 Å². The molecule has 2 aliphatic rings. The summed E-state index contributed by atoms with van der Waals surface area (Å²) in [6.07, 6.45) is 5.40. The minimum Gasteiger partial charge on any atom is -0.378 e. The predicted molar refractivity (Wildman–Crippen MR) is 76.0 cm³/mol. The Labute approximate surface area is 116 Å². The molecule has 1 amide bonds. The third kappa shape index (κ3) is 3.48. The van der Waals surface area contributed by atoms with E-state index in [4.69, 9.17) is 4.74 Å². The van der Waals surface area contributed by atoms with Crippen molar-refractivity contribution in [2.45, 2.75) is 52.1 Å². The van der Waals surface area contributed by atoms with Gasteiger partial charge in [-0.15, -0.1) is 0 Å². The molecule has 4 nitrogen and oxygen atoms in total. The molecule has 0 bridgehead atoms. The Morgan fingerprint density at radius 2 is 2.16 bits per heavy atom. The molecule has 0 aromatic carbocycles. The zero-order valence-corrected chi connectivity index (χ0v) is 12.3. The van der Waals surface area contributed by atoms with E-state index in [1.54, 1.807) is 0 Å². The van der Waals surface area contributed by atoms with Crippen molar-refractivity contribution in [1.82, 2.24) is 10.6 Å². The van der Waals surface area contributed by atoms with Crippen LogP contribution in [0.15, 0.2) is 0 Å². The van der Waals surface area contributed by atoms with Crippen LogP contribution in [0.4, 0.5) is 0 Å². The molecule has 2 unspecified atom stereocenters. The Morgan fingerprint density at radius 1 is 1.42 bits per heavy atom. The molecule has 0 spiro atoms. The van der Waals surface area contributed by atoms with Crippen LogP contribution in [0, 0.1) is 11.3 Å². The first-order chi connectivity index (χ1) is 9.18. The summed E-state index contributed by atoms with van der Waals surface area (Å²) in [5, 5.41) is 6.56. The Hall–Kier alpha value is -0.610. The number of ether oxygens (including phenoxy) is 1. The average molecular weight is 268 g/mol. The maximum atomic E-state index is 12.6. The summed E-state index contributed by atoms with van der Waals surface area (Å²) in [5.74, 6) is 0.763. The van der Waals surface area contributed by atoms with Crippen LogP contribution < -0.4 is 10.6 Å². The average Bonchev–Trinajstić information content (AvgIpc) is 2.83. The van der Waals surface area contributed by atoms with Crippen molar-refractivity contribution in [2.24, 2.45) is 11.3 Å². The molecule has 110 valence electrons. The van der Waals surface area contributed by atoms with E-state index >= 15 is 0 Å². The maximum Gasteiger partial charge on any atom is 0.226 e. The molecule has 0 aromatic heterocycles. The normalized spacial score (nSPS) is 30.2. The van der Waals surface area contributed by atoms with Gasteiger partial charge in [0.15, 0.2) is 0 Å². The first-order valence-electron chi connectivity index (χ1n) is 7.78. The lowest BCUT2D eigenvalue weighted by atomic mass is 9.74. The van der Waals surface area contributed by atoms with Gasteiger partial charge in [0.2, 0.25) is 5.91 Å². The van der Waals surface area contributed by atoms with Crippen molar-refractivity contribution in [1.29, 1.82) is 0 Å². The van der Waals surface area contributed by atoms with Gasteiger partial charge >= 0.3 is 0 Å². The first-order valence-corrected chi connectivity index (χ1v) is 7.78. The Morgan fingerprint density at radius 3 is 2.74 bits per heavy atom. The lowest BCUT2D eigenvalue weighted by Gasteiger charge is -2.36. The number of amides is 1. The molecule has 2 fully saturated rings. The quantitative estimate of drug-likeness (QED) is 0.798. The highest BCUT2D eigenvalue weighted by atomic mass is 16.5. The van der Waals surface area contributed by atoms with Crippen molar-refractivity contribution in [2.75, 3.05) is 26.2 Å². The van der Waals surface area contributed by atoms with Gasteiger partial charge < -0.3 is 15.4 Å². The molecule has 2 atom stereocenters. The largest absolute Gasteiger partial charge is 0.378 e. The number of carbonyl (C=O) groups excluding carboxylic acids is 1. The number of hydrogen-bond acceptors (Lipinski definition) is 3. The molecule has 0 radical (unpaired) electrons. The summed E-state index contributed by atoms with van der Waals surface area (Å²) in [7, 11) is 0. The molecule has 2 N–H and O–H groups in total. The first kappa shape index (κ1) is 14.8. The van der Waals surface area contributed by atoms with E-state index in [0.29, 0.717) is 5.92 Å². The summed E-state index contributed by atoms with van der Waals surface area (Å²) in [6, 6.07) is 0. The Balaban J connectivity index is 1.88. The van der Waals surface area contributed by atoms with Crippen molar-refractivity contribution in [3.63, 3.8) is 0 Å². The third-order valence-corrected chi connectivity index (χ3v) is 4.83. The van der Waals surface area contributed by atoms with Crippen LogP contribution in [-0.4, -0.2) is 38.3 Å². The maximum absolute atomic E-state index is 12.6. The van der Waals surface area contributed by atoms with Crippen LogP contribution in [0.3, 0.4) is 0 Å². The second kappa shape index (κ2) is 6.71. The second-order valence-corrected chi connectivity index (χ2v) is 6.12. The minimum absolute atomic E-state index is 0.122. The lowest BCUT2D eigenvalue weighted by molar-refractivity contribution is -0.133. The number of rotatable bonds is 5. The SMILES string of the molecule is CCCC1(C(=O)NCC2CCOC2C)CCNCC1. The highest BCUT2D eigenvalue weighted by Gasteiger charge is 2.38. The van der Waals surface area contributed by atoms with E-state index in [1.165, 1.54) is 0 Å². The highest BCUT2D eigenvalue weighted by Crippen LogP contribution is 2.34. The molecule has 0 aliphatic carbocycles. The fourth-order valence-corrected chi connectivity index (χ4v) is 3.43. The van der Waals surface area contributed by atoms with Crippen LogP contribution >= 0.6 is 0 Å². The van der Waals surface area contributed by atoms with Crippen LogP contribution in [0.2, 0.25) is 0 Å². The van der Waals surface area contributed by atoms with Gasteiger partial charge in [-0.3, -0.25) is 4.79 Å². The molecule has 2 saturated heterocycles. The van der Waals surface area contributed by atoms with Crippen molar-refractivity contribution in [3.8, 4) is 0 Å². The number of hydrogen-bond donors (Lipinski definition) is 2. The highest BCUT2D eigenvalue weighted by molar-refractivity contribution is 5.82. The molecule has 2 aliphatic heterocycles. The molecular weight excluding hydrogens is 240 g/mol. The van der Waals surface area contributed by atoms with Gasteiger partial charge in [0.25, 0.3) is 0 Å². The molecule has 19 heavy (non-hydrogen) atoms. The molecule has 2 rings (SSSR count). The van der Waals surface area contributed by atoms with Gasteiger partial charge in [0.1, 0.15) is 0 Å². The summed E-state index contributed by atoms with van der Waals surface area (Å²) >= 11 is 0. The topological polar surface area (TPSA) is 50.4 Å². The summed E-state index contributed by atoms with van der Waals surface area (Å²) in [5.41, 5.74) is -0.122. The van der Waals surface area contributed by atoms with Crippen LogP contribution in [0.5, 0.6) is 0 Å². The lowest BCUT2D eigenvalue weighted by Crippen LogP contribution is -2.48. The van der Waals surface area contributed by atoms with Crippen LogP contribution in [-0.2, 0) is 9.53 Å². The predicted octanol–water partition coefficient (Wildman–Crippen LogP) is 1.70. The summed E-state index contributed by atoms with van der Waals surface area (Å²) in [6.45, 7) is 7.83. The Kier molecular flexibility index (Phi) is 5.22. The number of piperidine rings is 1. The molecule has 0 aromatic rings. The minimum atomic E-state index is -0.122. The Bertz CT molecular complexity index is 295. The molecule has 0 saturated carbocycles. The monoisotopic (exact) mass is 268 g/mol. The van der Waals surface area contributed by atoms with E-state index in [0.717, 1.165) is 58.3 Å². The van der Waals surface area contributed by atoms with Gasteiger partial charge in [-0.05, 0) is 45.7 Å². The van der Waals surface area contributed by atoms with Crippen molar-refractivity contribution < 1.29 is 9.53 Å². The smallest absolute Gasteiger partial charge is 0.226 e. The third-order valence-electron chi connectivity index (χ3n) is 4.83. The van der Waals surface area contributed by atoms with E-state index in [9.17, 15) is 4.79 Å². The van der Waals surface area contributed by atoms with E-state index in [-0.39, 0.29) is 17.4 Å². The van der Waals surface area contributed by atoms with Crippen LogP contribution in [0.25, 0.3) is 0 Å². The number of carbonyl (C=O) groups is 1.